The molecule has 0 radical (unpaired) electrons. The van der Waals surface area contributed by atoms with E-state index in [1.165, 1.54) is 6.07 Å². The zero-order valence-corrected chi connectivity index (χ0v) is 18.7. The van der Waals surface area contributed by atoms with Crippen molar-refractivity contribution in [1.29, 1.82) is 0 Å². The van der Waals surface area contributed by atoms with Crippen molar-refractivity contribution in [3.8, 4) is 0 Å². The Labute approximate surface area is 193 Å². The Hall–Kier alpha value is -3.39. The van der Waals surface area contributed by atoms with E-state index in [-0.39, 0.29) is 12.5 Å². The lowest BCUT2D eigenvalue weighted by molar-refractivity contribution is -0.137. The monoisotopic (exact) mass is 469 g/mol. The molecule has 0 aliphatic rings. The number of fused-ring (bicyclic) bond motifs is 1. The summed E-state index contributed by atoms with van der Waals surface area (Å²) in [5.74, 6) is -0.280. The Morgan fingerprint density at radius 1 is 1.15 bits per heavy atom. The van der Waals surface area contributed by atoms with Crippen molar-refractivity contribution >= 4 is 34.4 Å². The van der Waals surface area contributed by atoms with E-state index in [9.17, 15) is 18.0 Å². The van der Waals surface area contributed by atoms with E-state index < -0.39 is 11.7 Å². The van der Waals surface area contributed by atoms with Crippen molar-refractivity contribution in [2.75, 3.05) is 0 Å². The van der Waals surface area contributed by atoms with E-state index in [0.717, 1.165) is 46.3 Å². The second-order valence-electron chi connectivity index (χ2n) is 7.68. The highest BCUT2D eigenvalue weighted by molar-refractivity contribution is 7.10. The van der Waals surface area contributed by atoms with Crippen LogP contribution in [0.3, 0.4) is 0 Å². The standard InChI is InChI=1S/C25H22F3N3OS/c1-2-6-21-12-18(16-33-21)24(32)30-29-13-19-15-31(23-10-4-3-9-22(19)23)14-17-7-5-8-20(11-17)25(26,27)28/h3-5,7-13,15-16H,2,6,14H2,1H3,(H,30,32)/b29-13-. The highest BCUT2D eigenvalue weighted by Crippen LogP contribution is 2.30. The minimum atomic E-state index is -4.38. The molecule has 1 amide bonds. The molecular formula is C25H22F3N3OS. The second-order valence-corrected chi connectivity index (χ2v) is 8.67. The fourth-order valence-corrected chi connectivity index (χ4v) is 4.62. The van der Waals surface area contributed by atoms with Crippen molar-refractivity contribution in [1.82, 2.24) is 9.99 Å². The first kappa shape index (κ1) is 22.8. The molecule has 4 aromatic rings. The first-order chi connectivity index (χ1) is 15.8. The number of thiophene rings is 1. The summed E-state index contributed by atoms with van der Waals surface area (Å²) in [6, 6.07) is 14.8. The van der Waals surface area contributed by atoms with Crippen LogP contribution in [0.4, 0.5) is 13.2 Å². The number of hydrazone groups is 1. The van der Waals surface area contributed by atoms with E-state index >= 15 is 0 Å². The van der Waals surface area contributed by atoms with Crippen LogP contribution in [0.2, 0.25) is 0 Å². The predicted octanol–water partition coefficient (Wildman–Crippen LogP) is 6.49. The van der Waals surface area contributed by atoms with Crippen molar-refractivity contribution < 1.29 is 18.0 Å². The minimum absolute atomic E-state index is 0.278. The zero-order chi connectivity index (χ0) is 23.4. The van der Waals surface area contributed by atoms with Gasteiger partial charge in [-0.2, -0.15) is 18.3 Å². The van der Waals surface area contributed by atoms with Gasteiger partial charge in [-0.15, -0.1) is 11.3 Å². The molecule has 0 saturated carbocycles. The number of hydrogen-bond acceptors (Lipinski definition) is 3. The number of nitrogens with one attached hydrogen (secondary N) is 1. The average Bonchev–Trinajstić information content (AvgIpc) is 3.39. The largest absolute Gasteiger partial charge is 0.416 e. The van der Waals surface area contributed by atoms with Gasteiger partial charge in [0.1, 0.15) is 0 Å². The van der Waals surface area contributed by atoms with Crippen LogP contribution >= 0.6 is 11.3 Å². The molecule has 2 aromatic carbocycles. The Morgan fingerprint density at radius 2 is 1.97 bits per heavy atom. The van der Waals surface area contributed by atoms with Crippen LogP contribution in [0, 0.1) is 0 Å². The molecule has 0 fully saturated rings. The number of alkyl halides is 3. The molecule has 0 saturated heterocycles. The van der Waals surface area contributed by atoms with Gasteiger partial charge < -0.3 is 4.57 Å². The highest BCUT2D eigenvalue weighted by Gasteiger charge is 2.30. The Kier molecular flexibility index (Phi) is 6.65. The number of nitrogens with zero attached hydrogens (tertiary/aromatic N) is 2. The highest BCUT2D eigenvalue weighted by atomic mass is 32.1. The topological polar surface area (TPSA) is 46.4 Å². The molecule has 2 heterocycles. The second kappa shape index (κ2) is 9.62. The molecule has 0 bridgehead atoms. The number of carbonyl (C=O) groups excluding carboxylic acids is 1. The number of aromatic nitrogens is 1. The summed E-state index contributed by atoms with van der Waals surface area (Å²) in [5, 5.41) is 6.82. The number of rotatable bonds is 7. The lowest BCUT2D eigenvalue weighted by Gasteiger charge is -2.10. The summed E-state index contributed by atoms with van der Waals surface area (Å²) < 4.78 is 41.1. The number of halogens is 3. The lowest BCUT2D eigenvalue weighted by Crippen LogP contribution is -2.16. The molecule has 8 heteroatoms. The minimum Gasteiger partial charge on any atom is -0.342 e. The van der Waals surface area contributed by atoms with Gasteiger partial charge in [0.25, 0.3) is 5.91 Å². The van der Waals surface area contributed by atoms with Crippen LogP contribution in [0.15, 0.2) is 71.3 Å². The zero-order valence-electron chi connectivity index (χ0n) is 17.9. The fourth-order valence-electron chi connectivity index (χ4n) is 3.65. The maximum atomic E-state index is 13.1. The Balaban J connectivity index is 1.54. The van der Waals surface area contributed by atoms with Crippen LogP contribution < -0.4 is 5.43 Å². The number of benzene rings is 2. The molecule has 4 rings (SSSR count). The fraction of sp³-hybridized carbons (Fsp3) is 0.200. The third kappa shape index (κ3) is 5.34. The van der Waals surface area contributed by atoms with Crippen LogP contribution in [-0.2, 0) is 19.1 Å². The van der Waals surface area contributed by atoms with Gasteiger partial charge >= 0.3 is 6.18 Å². The van der Waals surface area contributed by atoms with Crippen LogP contribution in [0.25, 0.3) is 10.9 Å². The quantitative estimate of drug-likeness (QED) is 0.244. The van der Waals surface area contributed by atoms with Gasteiger partial charge in [-0.25, -0.2) is 5.43 Å². The molecule has 0 unspecified atom stereocenters. The molecule has 170 valence electrons. The number of aryl methyl sites for hydroxylation is 1. The lowest BCUT2D eigenvalue weighted by atomic mass is 10.1. The van der Waals surface area contributed by atoms with Crippen LogP contribution in [0.5, 0.6) is 0 Å². The van der Waals surface area contributed by atoms with Crippen molar-refractivity contribution in [3.05, 3.63) is 93.3 Å². The molecule has 2 aromatic heterocycles. The predicted molar refractivity (Wildman–Crippen MR) is 126 cm³/mol. The molecule has 4 nitrogen and oxygen atoms in total. The van der Waals surface area contributed by atoms with E-state index in [2.05, 4.69) is 17.5 Å². The van der Waals surface area contributed by atoms with Gasteiger partial charge in [-0.05, 0) is 36.2 Å². The van der Waals surface area contributed by atoms with E-state index in [0.29, 0.717) is 11.1 Å². The van der Waals surface area contributed by atoms with Gasteiger partial charge in [0, 0.05) is 39.5 Å². The average molecular weight is 470 g/mol. The smallest absolute Gasteiger partial charge is 0.342 e. The SMILES string of the molecule is CCCc1cc(C(=O)N/N=C\c2cn(Cc3cccc(C(F)(F)F)c3)c3ccccc23)cs1. The van der Waals surface area contributed by atoms with E-state index in [1.54, 1.807) is 23.6 Å². The maximum absolute atomic E-state index is 13.1. The number of hydrogen-bond donors (Lipinski definition) is 1. The van der Waals surface area contributed by atoms with Crippen molar-refractivity contribution in [2.24, 2.45) is 5.10 Å². The van der Waals surface area contributed by atoms with Gasteiger partial charge in [0.2, 0.25) is 0 Å². The van der Waals surface area contributed by atoms with Gasteiger partial charge in [-0.1, -0.05) is 43.7 Å². The molecule has 0 spiro atoms. The molecule has 1 N–H and O–H groups in total. The van der Waals surface area contributed by atoms with E-state index in [1.807, 2.05) is 46.5 Å². The summed E-state index contributed by atoms with van der Waals surface area (Å²) in [6.45, 7) is 2.37. The van der Waals surface area contributed by atoms with Crippen molar-refractivity contribution in [3.63, 3.8) is 0 Å². The molecule has 0 aliphatic carbocycles. The van der Waals surface area contributed by atoms with E-state index in [4.69, 9.17) is 0 Å². The van der Waals surface area contributed by atoms with Gasteiger partial charge in [-0.3, -0.25) is 4.79 Å². The Bertz CT molecular complexity index is 1300. The molecule has 0 atom stereocenters. The Morgan fingerprint density at radius 3 is 2.76 bits per heavy atom. The maximum Gasteiger partial charge on any atom is 0.416 e. The van der Waals surface area contributed by atoms with Crippen molar-refractivity contribution in [2.45, 2.75) is 32.5 Å². The normalized spacial score (nSPS) is 12.0. The molecular weight excluding hydrogens is 447 g/mol. The number of carbonyl (C=O) groups is 1. The third-order valence-electron chi connectivity index (χ3n) is 5.21. The third-order valence-corrected chi connectivity index (χ3v) is 6.21. The van der Waals surface area contributed by atoms with Crippen LogP contribution in [0.1, 0.15) is 45.3 Å². The first-order valence-corrected chi connectivity index (χ1v) is 11.4. The molecule has 0 aliphatic heterocycles. The number of para-hydroxylation sites is 1. The van der Waals surface area contributed by atoms with Gasteiger partial charge in [0.15, 0.2) is 0 Å². The summed E-state index contributed by atoms with van der Waals surface area (Å²) in [4.78, 5) is 13.5. The summed E-state index contributed by atoms with van der Waals surface area (Å²) in [6.07, 6.45) is 0.953. The van der Waals surface area contributed by atoms with Gasteiger partial charge in [0.05, 0.1) is 17.3 Å². The van der Waals surface area contributed by atoms with Crippen LogP contribution in [-0.4, -0.2) is 16.7 Å². The number of amides is 1. The summed E-state index contributed by atoms with van der Waals surface area (Å²) >= 11 is 1.55. The molecule has 33 heavy (non-hydrogen) atoms. The summed E-state index contributed by atoms with van der Waals surface area (Å²) in [5.41, 5.74) is 4.63. The first-order valence-electron chi connectivity index (χ1n) is 10.5. The summed E-state index contributed by atoms with van der Waals surface area (Å²) in [7, 11) is 0.